The van der Waals surface area contributed by atoms with Crippen LogP contribution >= 0.6 is 0 Å². The van der Waals surface area contributed by atoms with Crippen LogP contribution in [0.2, 0.25) is 0 Å². The molecule has 0 aromatic carbocycles. The van der Waals surface area contributed by atoms with Gasteiger partial charge in [-0.15, -0.1) is 0 Å². The molecule has 1 rings (SSSR count). The zero-order valence-corrected chi connectivity index (χ0v) is 12.3. The zero-order chi connectivity index (χ0) is 15.0. The van der Waals surface area contributed by atoms with E-state index in [1.807, 2.05) is 6.92 Å². The Hall–Kier alpha value is -1.41. The minimum absolute atomic E-state index is 0.0371. The van der Waals surface area contributed by atoms with Crippen molar-refractivity contribution in [2.24, 2.45) is 5.92 Å². The van der Waals surface area contributed by atoms with E-state index in [1.165, 1.54) is 12.3 Å². The number of aliphatic carboxylic acids is 1. The summed E-state index contributed by atoms with van der Waals surface area (Å²) < 4.78 is 26.1. The molecule has 3 N–H and O–H groups in total. The molecular formula is C12H21N3O4S. The van der Waals surface area contributed by atoms with Crippen LogP contribution in [0.3, 0.4) is 0 Å². The number of hydrogen-bond donors (Lipinski definition) is 3. The van der Waals surface area contributed by atoms with Crippen molar-refractivity contribution in [1.82, 2.24) is 14.9 Å². The number of sulfonamides is 1. The summed E-state index contributed by atoms with van der Waals surface area (Å²) in [5.74, 6) is -0.593. The van der Waals surface area contributed by atoms with Crippen molar-refractivity contribution in [3.8, 4) is 0 Å². The van der Waals surface area contributed by atoms with Gasteiger partial charge < -0.3 is 5.11 Å². The standard InChI is InChI=1S/C12H21N3O4S/c1-2-3-10(4-5-12(16)17)6-9-14-20(18,19)11-7-8-13-15-11/h7-8,10,14H,2-6,9H2,1H3,(H,13,15)(H,16,17). The first kappa shape index (κ1) is 16.6. The Morgan fingerprint density at radius 2 is 2.20 bits per heavy atom. The molecule has 114 valence electrons. The maximum atomic E-state index is 11.8. The number of aromatic amines is 1. The number of H-pyrrole nitrogens is 1. The van der Waals surface area contributed by atoms with Gasteiger partial charge in [-0.05, 0) is 24.8 Å². The second kappa shape index (κ2) is 8.01. The van der Waals surface area contributed by atoms with Gasteiger partial charge in [0.15, 0.2) is 5.03 Å². The highest BCUT2D eigenvalue weighted by molar-refractivity contribution is 7.89. The highest BCUT2D eigenvalue weighted by Crippen LogP contribution is 2.17. The first-order valence-electron chi connectivity index (χ1n) is 6.66. The van der Waals surface area contributed by atoms with E-state index in [4.69, 9.17) is 5.11 Å². The van der Waals surface area contributed by atoms with Gasteiger partial charge in [-0.2, -0.15) is 5.10 Å². The molecule has 0 fully saturated rings. The molecule has 1 heterocycles. The van der Waals surface area contributed by atoms with Gasteiger partial charge in [-0.25, -0.2) is 13.1 Å². The number of carbonyl (C=O) groups is 1. The molecule has 0 bridgehead atoms. The lowest BCUT2D eigenvalue weighted by molar-refractivity contribution is -0.137. The molecular weight excluding hydrogens is 282 g/mol. The third-order valence-corrected chi connectivity index (χ3v) is 4.46. The minimum Gasteiger partial charge on any atom is -0.481 e. The smallest absolute Gasteiger partial charge is 0.303 e. The second-order valence-corrected chi connectivity index (χ2v) is 6.43. The van der Waals surface area contributed by atoms with E-state index in [0.29, 0.717) is 19.4 Å². The van der Waals surface area contributed by atoms with Crippen LogP contribution in [0, 0.1) is 5.92 Å². The van der Waals surface area contributed by atoms with Gasteiger partial charge >= 0.3 is 5.97 Å². The Balaban J connectivity index is 2.41. The van der Waals surface area contributed by atoms with E-state index in [0.717, 1.165) is 12.8 Å². The lowest BCUT2D eigenvalue weighted by Crippen LogP contribution is -2.26. The van der Waals surface area contributed by atoms with Crippen molar-refractivity contribution in [3.63, 3.8) is 0 Å². The van der Waals surface area contributed by atoms with E-state index >= 15 is 0 Å². The van der Waals surface area contributed by atoms with E-state index in [2.05, 4.69) is 14.9 Å². The summed E-state index contributed by atoms with van der Waals surface area (Å²) in [6.07, 6.45) is 4.57. The van der Waals surface area contributed by atoms with Gasteiger partial charge in [-0.1, -0.05) is 19.8 Å². The quantitative estimate of drug-likeness (QED) is 0.604. The fraction of sp³-hybridized carbons (Fsp3) is 0.667. The number of carboxylic acids is 1. The predicted octanol–water partition coefficient (Wildman–Crippen LogP) is 1.36. The average molecular weight is 303 g/mol. The van der Waals surface area contributed by atoms with Crippen LogP contribution in [-0.4, -0.2) is 36.2 Å². The van der Waals surface area contributed by atoms with Crippen LogP contribution in [0.25, 0.3) is 0 Å². The summed E-state index contributed by atoms with van der Waals surface area (Å²) in [6, 6.07) is 1.39. The van der Waals surface area contributed by atoms with Crippen LogP contribution in [-0.2, 0) is 14.8 Å². The predicted molar refractivity (Wildman–Crippen MR) is 73.7 cm³/mol. The average Bonchev–Trinajstić information content (AvgIpc) is 2.90. The third kappa shape index (κ3) is 5.70. The molecule has 0 amide bonds. The Bertz CT molecular complexity index is 499. The van der Waals surface area contributed by atoms with Gasteiger partial charge in [-0.3, -0.25) is 9.89 Å². The van der Waals surface area contributed by atoms with E-state index in [-0.39, 0.29) is 17.4 Å². The molecule has 0 radical (unpaired) electrons. The monoisotopic (exact) mass is 303 g/mol. The molecule has 1 aromatic rings. The number of nitrogens with zero attached hydrogens (tertiary/aromatic N) is 1. The number of hydrogen-bond acceptors (Lipinski definition) is 4. The molecule has 20 heavy (non-hydrogen) atoms. The molecule has 1 unspecified atom stereocenters. The van der Waals surface area contributed by atoms with Gasteiger partial charge in [0.05, 0.1) is 6.20 Å². The Morgan fingerprint density at radius 3 is 2.75 bits per heavy atom. The molecule has 8 heteroatoms. The maximum absolute atomic E-state index is 11.8. The summed E-state index contributed by atoms with van der Waals surface area (Å²) in [5.41, 5.74) is 0. The Labute approximate surface area is 118 Å². The third-order valence-electron chi connectivity index (χ3n) is 3.07. The normalized spacial score (nSPS) is 13.2. The fourth-order valence-corrected chi connectivity index (χ4v) is 2.99. The van der Waals surface area contributed by atoms with Crippen molar-refractivity contribution in [3.05, 3.63) is 12.3 Å². The molecule has 0 aliphatic heterocycles. The first-order valence-corrected chi connectivity index (χ1v) is 8.15. The Morgan fingerprint density at radius 1 is 1.45 bits per heavy atom. The molecule has 0 aliphatic rings. The first-order chi connectivity index (χ1) is 9.45. The van der Waals surface area contributed by atoms with Crippen molar-refractivity contribution < 1.29 is 18.3 Å². The number of carboxylic acid groups (broad SMARTS) is 1. The zero-order valence-electron chi connectivity index (χ0n) is 11.5. The van der Waals surface area contributed by atoms with Gasteiger partial charge in [0.1, 0.15) is 0 Å². The second-order valence-electron chi connectivity index (χ2n) is 4.69. The highest BCUT2D eigenvalue weighted by Gasteiger charge is 2.16. The summed E-state index contributed by atoms with van der Waals surface area (Å²) in [6.45, 7) is 2.33. The highest BCUT2D eigenvalue weighted by atomic mass is 32.2. The summed E-state index contributed by atoms with van der Waals surface area (Å²) in [4.78, 5) is 10.6. The summed E-state index contributed by atoms with van der Waals surface area (Å²) in [7, 11) is -3.54. The van der Waals surface area contributed by atoms with Crippen molar-refractivity contribution >= 4 is 16.0 Å². The Kier molecular flexibility index (Phi) is 6.66. The minimum atomic E-state index is -3.54. The van der Waals surface area contributed by atoms with Crippen LogP contribution < -0.4 is 4.72 Å². The van der Waals surface area contributed by atoms with Crippen LogP contribution in [0.1, 0.15) is 39.0 Å². The lowest BCUT2D eigenvalue weighted by Gasteiger charge is -2.15. The molecule has 0 saturated carbocycles. The molecule has 0 spiro atoms. The fourth-order valence-electron chi connectivity index (χ4n) is 2.04. The van der Waals surface area contributed by atoms with Crippen molar-refractivity contribution in [2.45, 2.75) is 44.1 Å². The number of nitrogens with one attached hydrogen (secondary N) is 2. The van der Waals surface area contributed by atoms with E-state index < -0.39 is 16.0 Å². The van der Waals surface area contributed by atoms with Gasteiger partial charge in [0.25, 0.3) is 10.0 Å². The van der Waals surface area contributed by atoms with Crippen LogP contribution in [0.5, 0.6) is 0 Å². The number of aromatic nitrogens is 2. The molecule has 0 aliphatic carbocycles. The maximum Gasteiger partial charge on any atom is 0.303 e. The van der Waals surface area contributed by atoms with Crippen LogP contribution in [0.4, 0.5) is 0 Å². The molecule has 0 saturated heterocycles. The topological polar surface area (TPSA) is 112 Å². The molecule has 1 aromatic heterocycles. The summed E-state index contributed by atoms with van der Waals surface area (Å²) in [5, 5.41) is 14.7. The van der Waals surface area contributed by atoms with Gasteiger partial charge in [0.2, 0.25) is 0 Å². The molecule has 1 atom stereocenters. The summed E-state index contributed by atoms with van der Waals surface area (Å²) >= 11 is 0. The van der Waals surface area contributed by atoms with Crippen LogP contribution in [0.15, 0.2) is 17.3 Å². The van der Waals surface area contributed by atoms with E-state index in [1.54, 1.807) is 0 Å². The SMILES string of the molecule is CCCC(CCNS(=O)(=O)c1ccn[nH]1)CCC(=O)O. The number of rotatable bonds is 10. The lowest BCUT2D eigenvalue weighted by atomic mass is 9.95. The molecule has 7 nitrogen and oxygen atoms in total. The van der Waals surface area contributed by atoms with Crippen molar-refractivity contribution in [2.75, 3.05) is 6.54 Å². The largest absolute Gasteiger partial charge is 0.481 e. The van der Waals surface area contributed by atoms with Gasteiger partial charge in [0, 0.05) is 13.0 Å². The van der Waals surface area contributed by atoms with E-state index in [9.17, 15) is 13.2 Å². The van der Waals surface area contributed by atoms with Crippen molar-refractivity contribution in [1.29, 1.82) is 0 Å².